The van der Waals surface area contributed by atoms with Gasteiger partial charge in [0.05, 0.1) is 17.6 Å². The van der Waals surface area contributed by atoms with E-state index in [0.29, 0.717) is 5.69 Å². The van der Waals surface area contributed by atoms with Gasteiger partial charge in [0, 0.05) is 11.8 Å². The van der Waals surface area contributed by atoms with Crippen LogP contribution in [0, 0.1) is 6.92 Å². The zero-order valence-electron chi connectivity index (χ0n) is 13.2. The first-order valence-electron chi connectivity index (χ1n) is 7.37. The van der Waals surface area contributed by atoms with E-state index in [1.54, 1.807) is 10.7 Å². The van der Waals surface area contributed by atoms with E-state index in [9.17, 15) is 13.6 Å². The van der Waals surface area contributed by atoms with Gasteiger partial charge < -0.3 is 10.1 Å². The molecule has 1 aromatic carbocycles. The van der Waals surface area contributed by atoms with Crippen molar-refractivity contribution in [3.63, 3.8) is 0 Å². The molecule has 128 valence electrons. The molecule has 2 aromatic heterocycles. The lowest BCUT2D eigenvalue weighted by Crippen LogP contribution is -2.13. The third-order valence-corrected chi connectivity index (χ3v) is 3.32. The molecule has 6 nitrogen and oxygen atoms in total. The van der Waals surface area contributed by atoms with Crippen LogP contribution in [0.25, 0.3) is 5.69 Å². The Morgan fingerprint density at radius 1 is 1.20 bits per heavy atom. The summed E-state index contributed by atoms with van der Waals surface area (Å²) in [6.45, 7) is -1.10. The topological polar surface area (TPSA) is 69.0 Å². The predicted octanol–water partition coefficient (Wildman–Crippen LogP) is 3.43. The number of hydrogen-bond donors (Lipinski definition) is 1. The van der Waals surface area contributed by atoms with Gasteiger partial charge in [-0.3, -0.25) is 4.79 Å². The van der Waals surface area contributed by atoms with Crippen LogP contribution in [0.15, 0.2) is 54.7 Å². The maximum Gasteiger partial charge on any atom is 0.388 e. The largest absolute Gasteiger partial charge is 0.417 e. The summed E-state index contributed by atoms with van der Waals surface area (Å²) in [5.41, 5.74) is 2.22. The molecular weight excluding hydrogens is 330 g/mol. The molecule has 2 heterocycles. The summed E-state index contributed by atoms with van der Waals surface area (Å²) < 4.78 is 30.0. The maximum absolute atomic E-state index is 12.3. The van der Waals surface area contributed by atoms with Crippen molar-refractivity contribution in [2.24, 2.45) is 0 Å². The van der Waals surface area contributed by atoms with Crippen molar-refractivity contribution in [3.05, 3.63) is 66.1 Å². The van der Waals surface area contributed by atoms with Crippen LogP contribution in [0.5, 0.6) is 5.88 Å². The number of para-hydroxylation sites is 1. The van der Waals surface area contributed by atoms with E-state index in [-0.39, 0.29) is 11.6 Å². The molecule has 3 rings (SSSR count). The number of carbonyl (C=O) groups excluding carboxylic acids is 1. The first-order chi connectivity index (χ1) is 12.0. The SMILES string of the molecule is Cc1cc(C(=O)Nc2ccc(OC(F)F)nc2)nn1-c1ccccc1. The highest BCUT2D eigenvalue weighted by Crippen LogP contribution is 2.16. The van der Waals surface area contributed by atoms with Crippen molar-refractivity contribution in [2.45, 2.75) is 13.5 Å². The van der Waals surface area contributed by atoms with E-state index in [4.69, 9.17) is 0 Å². The third kappa shape index (κ3) is 3.97. The highest BCUT2D eigenvalue weighted by molar-refractivity contribution is 6.02. The van der Waals surface area contributed by atoms with Gasteiger partial charge in [0.2, 0.25) is 5.88 Å². The van der Waals surface area contributed by atoms with E-state index >= 15 is 0 Å². The Morgan fingerprint density at radius 3 is 2.60 bits per heavy atom. The molecular formula is C17H14F2N4O2. The number of aromatic nitrogens is 3. The van der Waals surface area contributed by atoms with Crippen LogP contribution >= 0.6 is 0 Å². The van der Waals surface area contributed by atoms with Gasteiger partial charge >= 0.3 is 6.61 Å². The summed E-state index contributed by atoms with van der Waals surface area (Å²) in [5.74, 6) is -0.653. The molecule has 1 N–H and O–H groups in total. The number of benzene rings is 1. The van der Waals surface area contributed by atoms with Crippen LogP contribution < -0.4 is 10.1 Å². The minimum absolute atomic E-state index is 0.225. The van der Waals surface area contributed by atoms with Crippen LogP contribution in [0.2, 0.25) is 0 Å². The van der Waals surface area contributed by atoms with Crippen LogP contribution in [-0.4, -0.2) is 27.3 Å². The summed E-state index contributed by atoms with van der Waals surface area (Å²) in [4.78, 5) is 16.0. The van der Waals surface area contributed by atoms with Gasteiger partial charge in [-0.2, -0.15) is 13.9 Å². The number of anilines is 1. The zero-order chi connectivity index (χ0) is 17.8. The van der Waals surface area contributed by atoms with E-state index in [0.717, 1.165) is 11.4 Å². The number of halogens is 2. The van der Waals surface area contributed by atoms with Crippen LogP contribution in [0.3, 0.4) is 0 Å². The Kier molecular flexibility index (Phi) is 4.69. The highest BCUT2D eigenvalue weighted by atomic mass is 19.3. The molecule has 0 radical (unpaired) electrons. The van der Waals surface area contributed by atoms with E-state index in [2.05, 4.69) is 20.1 Å². The van der Waals surface area contributed by atoms with Crippen molar-refractivity contribution in [1.82, 2.24) is 14.8 Å². The minimum Gasteiger partial charge on any atom is -0.417 e. The normalized spacial score (nSPS) is 10.7. The second kappa shape index (κ2) is 7.08. The number of nitrogens with one attached hydrogen (secondary N) is 1. The first kappa shape index (κ1) is 16.6. The fourth-order valence-corrected chi connectivity index (χ4v) is 2.23. The molecule has 1 amide bonds. The average Bonchev–Trinajstić information content (AvgIpc) is 2.99. The summed E-state index contributed by atoms with van der Waals surface area (Å²) in [5, 5.41) is 6.90. The fourth-order valence-electron chi connectivity index (χ4n) is 2.23. The van der Waals surface area contributed by atoms with Gasteiger partial charge in [-0.1, -0.05) is 18.2 Å². The molecule has 8 heteroatoms. The second-order valence-electron chi connectivity index (χ2n) is 5.14. The Balaban J connectivity index is 1.74. The molecule has 0 bridgehead atoms. The molecule has 0 saturated carbocycles. The van der Waals surface area contributed by atoms with Crippen LogP contribution in [-0.2, 0) is 0 Å². The third-order valence-electron chi connectivity index (χ3n) is 3.32. The highest BCUT2D eigenvalue weighted by Gasteiger charge is 2.14. The molecule has 0 fully saturated rings. The van der Waals surface area contributed by atoms with Crippen molar-refractivity contribution < 1.29 is 18.3 Å². The number of rotatable bonds is 5. The molecule has 0 aliphatic rings. The number of carbonyl (C=O) groups is 1. The number of aryl methyl sites for hydroxylation is 1. The van der Waals surface area contributed by atoms with Crippen LogP contribution in [0.4, 0.5) is 14.5 Å². The van der Waals surface area contributed by atoms with Crippen LogP contribution in [0.1, 0.15) is 16.2 Å². The Labute approximate surface area is 142 Å². The molecule has 0 saturated heterocycles. The monoisotopic (exact) mass is 344 g/mol. The van der Waals surface area contributed by atoms with E-state index in [1.807, 2.05) is 37.3 Å². The Bertz CT molecular complexity index is 864. The van der Waals surface area contributed by atoms with Gasteiger partial charge in [0.15, 0.2) is 5.69 Å². The van der Waals surface area contributed by atoms with Gasteiger partial charge in [0.1, 0.15) is 0 Å². The fraction of sp³-hybridized carbons (Fsp3) is 0.118. The van der Waals surface area contributed by atoms with Crippen molar-refractivity contribution in [1.29, 1.82) is 0 Å². The smallest absolute Gasteiger partial charge is 0.388 e. The standard InChI is InChI=1S/C17H14F2N4O2/c1-11-9-14(22-23(11)13-5-3-2-4-6-13)16(24)21-12-7-8-15(20-10-12)25-17(18)19/h2-10,17H,1H3,(H,21,24). The van der Waals surface area contributed by atoms with Crippen molar-refractivity contribution >= 4 is 11.6 Å². The van der Waals surface area contributed by atoms with Gasteiger partial charge in [0.25, 0.3) is 5.91 Å². The number of amides is 1. The Morgan fingerprint density at radius 2 is 1.96 bits per heavy atom. The summed E-state index contributed by atoms with van der Waals surface area (Å²) in [7, 11) is 0. The lowest BCUT2D eigenvalue weighted by atomic mass is 10.3. The number of hydrogen-bond acceptors (Lipinski definition) is 4. The van der Waals surface area contributed by atoms with Gasteiger partial charge in [-0.05, 0) is 31.2 Å². The molecule has 0 aliphatic carbocycles. The number of nitrogens with zero attached hydrogens (tertiary/aromatic N) is 3. The summed E-state index contributed by atoms with van der Waals surface area (Å²) in [6.07, 6.45) is 1.23. The van der Waals surface area contributed by atoms with E-state index in [1.165, 1.54) is 18.3 Å². The molecule has 0 unspecified atom stereocenters. The second-order valence-corrected chi connectivity index (χ2v) is 5.14. The number of pyridine rings is 1. The van der Waals surface area contributed by atoms with Crippen molar-refractivity contribution in [2.75, 3.05) is 5.32 Å². The molecule has 0 spiro atoms. The Hall–Kier alpha value is -3.29. The maximum atomic E-state index is 12.3. The molecule has 0 atom stereocenters. The summed E-state index contributed by atoms with van der Waals surface area (Å²) in [6, 6.07) is 13.7. The van der Waals surface area contributed by atoms with E-state index < -0.39 is 12.5 Å². The zero-order valence-corrected chi connectivity index (χ0v) is 13.2. The molecule has 0 aliphatic heterocycles. The predicted molar refractivity (Wildman–Crippen MR) is 87.1 cm³/mol. The lowest BCUT2D eigenvalue weighted by molar-refractivity contribution is -0.0528. The number of alkyl halides is 2. The van der Waals surface area contributed by atoms with Crippen molar-refractivity contribution in [3.8, 4) is 11.6 Å². The molecule has 3 aromatic rings. The van der Waals surface area contributed by atoms with Gasteiger partial charge in [-0.25, -0.2) is 9.67 Å². The number of ether oxygens (including phenoxy) is 1. The lowest BCUT2D eigenvalue weighted by Gasteiger charge is -2.05. The quantitative estimate of drug-likeness (QED) is 0.770. The minimum atomic E-state index is -2.95. The summed E-state index contributed by atoms with van der Waals surface area (Å²) >= 11 is 0. The molecule has 25 heavy (non-hydrogen) atoms. The average molecular weight is 344 g/mol. The van der Waals surface area contributed by atoms with Gasteiger partial charge in [-0.15, -0.1) is 0 Å². The first-order valence-corrected chi connectivity index (χ1v) is 7.37.